The van der Waals surface area contributed by atoms with Gasteiger partial charge in [0.15, 0.2) is 5.13 Å². The van der Waals surface area contributed by atoms with E-state index in [1.54, 1.807) is 29.5 Å². The number of anilines is 1. The van der Waals surface area contributed by atoms with Crippen LogP contribution in [-0.2, 0) is 17.8 Å². The first-order valence-corrected chi connectivity index (χ1v) is 10.6. The number of carbonyl (C=O) groups excluding carboxylic acids is 1. The Labute approximate surface area is 179 Å². The summed E-state index contributed by atoms with van der Waals surface area (Å²) in [7, 11) is 1.63. The number of fused-ring (bicyclic) bond motifs is 1. The van der Waals surface area contributed by atoms with Crippen molar-refractivity contribution in [3.05, 3.63) is 71.5 Å². The van der Waals surface area contributed by atoms with Gasteiger partial charge in [-0.2, -0.15) is 5.10 Å². The highest BCUT2D eigenvalue weighted by atomic mass is 32.1. The van der Waals surface area contributed by atoms with Gasteiger partial charge < -0.3 is 4.74 Å². The van der Waals surface area contributed by atoms with Crippen LogP contribution < -0.4 is 9.64 Å². The zero-order chi connectivity index (χ0) is 21.1. The van der Waals surface area contributed by atoms with E-state index >= 15 is 0 Å². The molecule has 4 aromatic rings. The quantitative estimate of drug-likeness (QED) is 0.445. The Bertz CT molecular complexity index is 1150. The van der Waals surface area contributed by atoms with Crippen LogP contribution in [0.3, 0.4) is 0 Å². The fourth-order valence-corrected chi connectivity index (χ4v) is 4.64. The highest BCUT2D eigenvalue weighted by Crippen LogP contribution is 2.32. The van der Waals surface area contributed by atoms with Crippen LogP contribution in [0.1, 0.15) is 16.7 Å². The molecule has 30 heavy (non-hydrogen) atoms. The molecule has 0 spiro atoms. The lowest BCUT2D eigenvalue weighted by Gasteiger charge is -2.20. The van der Waals surface area contributed by atoms with Crippen LogP contribution >= 0.6 is 11.3 Å². The molecule has 0 aliphatic rings. The standard InChI is InChI=1S/C23H24N4O2S/c1-16-13-17(2)22-20(14-16)30-23(25-22)27(12-11-26-10-4-9-24-26)21(28)15-18-5-7-19(29-3)8-6-18/h4-10,13-14H,11-12,15H2,1-3H3. The Morgan fingerprint density at radius 1 is 1.20 bits per heavy atom. The van der Waals surface area contributed by atoms with Gasteiger partial charge in [-0.25, -0.2) is 4.98 Å². The minimum absolute atomic E-state index is 0.0146. The number of aromatic nitrogens is 3. The van der Waals surface area contributed by atoms with Gasteiger partial charge in [0.05, 0.1) is 30.3 Å². The van der Waals surface area contributed by atoms with Crippen molar-refractivity contribution in [3.8, 4) is 5.75 Å². The van der Waals surface area contributed by atoms with Crippen LogP contribution in [-0.4, -0.2) is 34.3 Å². The summed E-state index contributed by atoms with van der Waals surface area (Å²) in [5.41, 5.74) is 4.23. The number of aryl methyl sites for hydroxylation is 2. The molecule has 1 amide bonds. The molecule has 0 unspecified atom stereocenters. The lowest BCUT2D eigenvalue weighted by atomic mass is 10.1. The number of nitrogens with zero attached hydrogens (tertiary/aromatic N) is 4. The predicted molar refractivity (Wildman–Crippen MR) is 120 cm³/mol. The van der Waals surface area contributed by atoms with Gasteiger partial charge in [0.2, 0.25) is 5.91 Å². The number of methoxy groups -OCH3 is 1. The largest absolute Gasteiger partial charge is 0.497 e. The molecule has 0 saturated heterocycles. The summed E-state index contributed by atoms with van der Waals surface area (Å²) in [5.74, 6) is 0.791. The molecular formula is C23H24N4O2S. The van der Waals surface area contributed by atoms with Crippen molar-refractivity contribution in [2.45, 2.75) is 26.8 Å². The molecule has 0 aliphatic heterocycles. The number of rotatable bonds is 7. The molecule has 2 heterocycles. The third kappa shape index (κ3) is 4.36. The number of carbonyl (C=O) groups is 1. The van der Waals surface area contributed by atoms with Crippen LogP contribution in [0.15, 0.2) is 54.9 Å². The Morgan fingerprint density at radius 3 is 2.70 bits per heavy atom. The summed E-state index contributed by atoms with van der Waals surface area (Å²) < 4.78 is 8.14. The van der Waals surface area contributed by atoms with Crippen molar-refractivity contribution >= 4 is 32.6 Å². The average Bonchev–Trinajstić information content (AvgIpc) is 3.39. The summed E-state index contributed by atoms with van der Waals surface area (Å²) in [4.78, 5) is 19.9. The smallest absolute Gasteiger partial charge is 0.233 e. The maximum Gasteiger partial charge on any atom is 0.233 e. The monoisotopic (exact) mass is 420 g/mol. The number of ether oxygens (including phenoxy) is 1. The first kappa shape index (κ1) is 20.1. The van der Waals surface area contributed by atoms with E-state index in [4.69, 9.17) is 9.72 Å². The van der Waals surface area contributed by atoms with Crippen molar-refractivity contribution in [3.63, 3.8) is 0 Å². The summed E-state index contributed by atoms with van der Waals surface area (Å²) >= 11 is 1.56. The van der Waals surface area contributed by atoms with Crippen LogP contribution in [0.25, 0.3) is 10.2 Å². The highest BCUT2D eigenvalue weighted by Gasteiger charge is 2.21. The molecular weight excluding hydrogens is 396 g/mol. The Morgan fingerprint density at radius 2 is 2.00 bits per heavy atom. The number of amides is 1. The molecule has 2 aromatic carbocycles. The highest BCUT2D eigenvalue weighted by molar-refractivity contribution is 7.22. The molecule has 6 nitrogen and oxygen atoms in total. The zero-order valence-corrected chi connectivity index (χ0v) is 18.1. The minimum Gasteiger partial charge on any atom is -0.497 e. The molecule has 0 fully saturated rings. The van der Waals surface area contributed by atoms with Crippen molar-refractivity contribution in [1.82, 2.24) is 14.8 Å². The second-order valence-corrected chi connectivity index (χ2v) is 8.27. The molecule has 0 N–H and O–H groups in total. The topological polar surface area (TPSA) is 60.2 Å². The first-order chi connectivity index (χ1) is 14.5. The lowest BCUT2D eigenvalue weighted by Crippen LogP contribution is -2.35. The molecule has 0 atom stereocenters. The first-order valence-electron chi connectivity index (χ1n) is 9.82. The van der Waals surface area contributed by atoms with Crippen LogP contribution in [0, 0.1) is 13.8 Å². The van der Waals surface area contributed by atoms with E-state index in [9.17, 15) is 4.79 Å². The Balaban J connectivity index is 1.62. The van der Waals surface area contributed by atoms with Gasteiger partial charge in [0.25, 0.3) is 0 Å². The predicted octanol–water partition coefficient (Wildman–Crippen LogP) is 4.39. The van der Waals surface area contributed by atoms with Crippen LogP contribution in [0.2, 0.25) is 0 Å². The van der Waals surface area contributed by atoms with Gasteiger partial charge in [0, 0.05) is 18.9 Å². The van der Waals surface area contributed by atoms with Crippen molar-refractivity contribution < 1.29 is 9.53 Å². The molecule has 4 rings (SSSR count). The molecule has 0 bridgehead atoms. The van der Waals surface area contributed by atoms with E-state index in [0.29, 0.717) is 19.5 Å². The normalized spacial score (nSPS) is 11.0. The molecule has 0 radical (unpaired) electrons. The number of hydrogen-bond acceptors (Lipinski definition) is 5. The van der Waals surface area contributed by atoms with E-state index in [1.165, 1.54) is 5.56 Å². The molecule has 154 valence electrons. The SMILES string of the molecule is COc1ccc(CC(=O)N(CCn2cccn2)c2nc3c(C)cc(C)cc3s2)cc1. The van der Waals surface area contributed by atoms with Gasteiger partial charge in [0.1, 0.15) is 5.75 Å². The third-order valence-corrected chi connectivity index (χ3v) is 6.00. The number of benzene rings is 2. The average molecular weight is 421 g/mol. The zero-order valence-electron chi connectivity index (χ0n) is 17.3. The summed E-state index contributed by atoms with van der Waals surface area (Å²) in [6.07, 6.45) is 3.95. The van der Waals surface area contributed by atoms with E-state index in [1.807, 2.05) is 41.2 Å². The molecule has 0 aliphatic carbocycles. The van der Waals surface area contributed by atoms with Gasteiger partial charge >= 0.3 is 0 Å². The molecule has 0 saturated carbocycles. The second kappa shape index (κ2) is 8.67. The van der Waals surface area contributed by atoms with E-state index in [2.05, 4.69) is 31.1 Å². The third-order valence-electron chi connectivity index (χ3n) is 4.98. The maximum absolute atomic E-state index is 13.3. The van der Waals surface area contributed by atoms with Crippen molar-refractivity contribution in [1.29, 1.82) is 0 Å². The van der Waals surface area contributed by atoms with Gasteiger partial charge in [-0.1, -0.05) is 29.5 Å². The number of hydrogen-bond donors (Lipinski definition) is 0. The summed E-state index contributed by atoms with van der Waals surface area (Å²) in [6.45, 7) is 5.26. The van der Waals surface area contributed by atoms with Crippen molar-refractivity contribution in [2.24, 2.45) is 0 Å². The second-order valence-electron chi connectivity index (χ2n) is 7.26. The fourth-order valence-electron chi connectivity index (χ4n) is 3.45. The van der Waals surface area contributed by atoms with Gasteiger partial charge in [-0.3, -0.25) is 14.4 Å². The van der Waals surface area contributed by atoms with Crippen LogP contribution in [0.4, 0.5) is 5.13 Å². The van der Waals surface area contributed by atoms with E-state index in [0.717, 1.165) is 32.2 Å². The summed E-state index contributed by atoms with van der Waals surface area (Å²) in [6, 6.07) is 13.7. The molecule has 7 heteroatoms. The Kier molecular flexibility index (Phi) is 5.81. The minimum atomic E-state index is 0.0146. The maximum atomic E-state index is 13.3. The van der Waals surface area contributed by atoms with Crippen LogP contribution in [0.5, 0.6) is 5.75 Å². The molecule has 2 aromatic heterocycles. The van der Waals surface area contributed by atoms with E-state index < -0.39 is 0 Å². The number of thiazole rings is 1. The fraction of sp³-hybridized carbons (Fsp3) is 0.261. The van der Waals surface area contributed by atoms with E-state index in [-0.39, 0.29) is 5.91 Å². The van der Waals surface area contributed by atoms with Gasteiger partial charge in [-0.15, -0.1) is 0 Å². The van der Waals surface area contributed by atoms with Crippen molar-refractivity contribution in [2.75, 3.05) is 18.6 Å². The summed E-state index contributed by atoms with van der Waals surface area (Å²) in [5, 5.41) is 4.99. The van der Waals surface area contributed by atoms with Gasteiger partial charge in [-0.05, 0) is 54.8 Å². The lowest BCUT2D eigenvalue weighted by molar-refractivity contribution is -0.118. The Hall–Kier alpha value is -3.19.